The molecule has 0 aliphatic carbocycles. The molecule has 0 spiro atoms. The van der Waals surface area contributed by atoms with Crippen LogP contribution < -0.4 is 15.5 Å². The molecule has 1 aliphatic heterocycles. The zero-order valence-corrected chi connectivity index (χ0v) is 22.2. The fourth-order valence-electron chi connectivity index (χ4n) is 4.63. The fraction of sp³-hybridized carbons (Fsp3) is 0.345. The highest BCUT2D eigenvalue weighted by Crippen LogP contribution is 2.28. The molecule has 4 amide bonds. The number of benzene rings is 2. The van der Waals surface area contributed by atoms with Crippen molar-refractivity contribution < 1.29 is 18.8 Å². The van der Waals surface area contributed by atoms with Gasteiger partial charge in [0.05, 0.1) is 11.8 Å². The lowest BCUT2D eigenvalue weighted by molar-refractivity contribution is 0.0773. The summed E-state index contributed by atoms with van der Waals surface area (Å²) in [4.78, 5) is 44.7. The molecule has 0 unspecified atom stereocenters. The number of furan rings is 1. The number of nitrogens with one attached hydrogen (secondary N) is 2. The molecule has 0 atom stereocenters. The molecule has 2 aromatic carbocycles. The van der Waals surface area contributed by atoms with Crippen LogP contribution >= 0.6 is 0 Å². The van der Waals surface area contributed by atoms with Crippen molar-refractivity contribution in [3.8, 4) is 0 Å². The van der Waals surface area contributed by atoms with E-state index in [-0.39, 0.29) is 23.6 Å². The molecule has 1 saturated heterocycles. The number of carbonyl (C=O) groups is 3. The number of hydrogen-bond acceptors (Lipinski definition) is 5. The van der Waals surface area contributed by atoms with Gasteiger partial charge in [-0.2, -0.15) is 0 Å². The Morgan fingerprint density at radius 3 is 2.39 bits per heavy atom. The van der Waals surface area contributed by atoms with Crippen molar-refractivity contribution in [2.24, 2.45) is 0 Å². The highest BCUT2D eigenvalue weighted by molar-refractivity contribution is 6.05. The van der Waals surface area contributed by atoms with Crippen LogP contribution in [0.5, 0.6) is 0 Å². The number of anilines is 3. The molecule has 2 heterocycles. The SMILES string of the molecule is CCN(CC)C(=O)c1cc(NC(=O)c2ccco2)ccc1N1CCCN(C(=O)Nc2cccc(C)c2)CC1. The molecule has 2 N–H and O–H groups in total. The summed E-state index contributed by atoms with van der Waals surface area (Å²) in [5, 5.41) is 5.81. The van der Waals surface area contributed by atoms with E-state index in [4.69, 9.17) is 4.42 Å². The van der Waals surface area contributed by atoms with Crippen LogP contribution in [-0.2, 0) is 0 Å². The summed E-state index contributed by atoms with van der Waals surface area (Å²) in [6.45, 7) is 9.45. The van der Waals surface area contributed by atoms with Crippen molar-refractivity contribution in [1.29, 1.82) is 0 Å². The third-order valence-electron chi connectivity index (χ3n) is 6.67. The Labute approximate surface area is 223 Å². The summed E-state index contributed by atoms with van der Waals surface area (Å²) in [6, 6.07) is 16.2. The summed E-state index contributed by atoms with van der Waals surface area (Å²) in [5.74, 6) is -0.284. The number of aryl methyl sites for hydroxylation is 1. The van der Waals surface area contributed by atoms with Gasteiger partial charge in [0.15, 0.2) is 5.76 Å². The maximum Gasteiger partial charge on any atom is 0.321 e. The average molecular weight is 518 g/mol. The van der Waals surface area contributed by atoms with E-state index in [9.17, 15) is 14.4 Å². The zero-order valence-electron chi connectivity index (χ0n) is 22.2. The van der Waals surface area contributed by atoms with E-state index in [1.54, 1.807) is 29.2 Å². The maximum absolute atomic E-state index is 13.5. The molecule has 3 aromatic rings. The second-order valence-electron chi connectivity index (χ2n) is 9.27. The topological polar surface area (TPSA) is 98.1 Å². The van der Waals surface area contributed by atoms with E-state index in [1.165, 1.54) is 6.26 Å². The molecule has 9 heteroatoms. The molecule has 9 nitrogen and oxygen atoms in total. The lowest BCUT2D eigenvalue weighted by atomic mass is 10.1. The van der Waals surface area contributed by atoms with E-state index in [0.717, 1.165) is 23.4 Å². The summed E-state index contributed by atoms with van der Waals surface area (Å²) in [6.07, 6.45) is 2.20. The molecule has 4 rings (SSSR count). The van der Waals surface area contributed by atoms with E-state index < -0.39 is 0 Å². The third-order valence-corrected chi connectivity index (χ3v) is 6.67. The van der Waals surface area contributed by atoms with Gasteiger partial charge in [0.25, 0.3) is 11.8 Å². The molecule has 0 bridgehead atoms. The Morgan fingerprint density at radius 2 is 1.68 bits per heavy atom. The summed E-state index contributed by atoms with van der Waals surface area (Å²) < 4.78 is 5.19. The predicted molar refractivity (Wildman–Crippen MR) is 149 cm³/mol. The van der Waals surface area contributed by atoms with Crippen molar-refractivity contribution in [2.75, 3.05) is 54.8 Å². The molecule has 38 heavy (non-hydrogen) atoms. The second kappa shape index (κ2) is 12.3. The van der Waals surface area contributed by atoms with Crippen molar-refractivity contribution in [3.05, 3.63) is 77.7 Å². The Hall–Kier alpha value is -4.27. The Morgan fingerprint density at radius 1 is 0.895 bits per heavy atom. The van der Waals surface area contributed by atoms with Crippen LogP contribution in [0.25, 0.3) is 0 Å². The van der Waals surface area contributed by atoms with Crippen molar-refractivity contribution in [2.45, 2.75) is 27.2 Å². The predicted octanol–water partition coefficient (Wildman–Crippen LogP) is 5.07. The highest BCUT2D eigenvalue weighted by Gasteiger charge is 2.25. The summed E-state index contributed by atoms with van der Waals surface area (Å²) in [5.41, 5.74) is 3.68. The van der Waals surface area contributed by atoms with Gasteiger partial charge < -0.3 is 29.8 Å². The minimum atomic E-state index is -0.381. The second-order valence-corrected chi connectivity index (χ2v) is 9.27. The smallest absolute Gasteiger partial charge is 0.321 e. The van der Waals surface area contributed by atoms with Gasteiger partial charge in [-0.3, -0.25) is 9.59 Å². The van der Waals surface area contributed by atoms with Crippen LogP contribution in [0.2, 0.25) is 0 Å². The largest absolute Gasteiger partial charge is 0.459 e. The molecular formula is C29H35N5O4. The van der Waals surface area contributed by atoms with Crippen molar-refractivity contribution in [1.82, 2.24) is 9.80 Å². The van der Waals surface area contributed by atoms with Crippen LogP contribution in [0.4, 0.5) is 21.9 Å². The van der Waals surface area contributed by atoms with Crippen LogP contribution in [0, 0.1) is 6.92 Å². The van der Waals surface area contributed by atoms with E-state index in [2.05, 4.69) is 15.5 Å². The van der Waals surface area contributed by atoms with Crippen LogP contribution in [0.15, 0.2) is 65.3 Å². The number of rotatable bonds is 7. The first-order chi connectivity index (χ1) is 18.4. The average Bonchev–Trinajstić information content (AvgIpc) is 3.34. The van der Waals surface area contributed by atoms with Gasteiger partial charge in [0.1, 0.15) is 0 Å². The minimum Gasteiger partial charge on any atom is -0.459 e. The lowest BCUT2D eigenvalue weighted by Crippen LogP contribution is -2.38. The maximum atomic E-state index is 13.5. The first-order valence-electron chi connectivity index (χ1n) is 13.0. The Bertz CT molecular complexity index is 1270. The molecule has 1 aromatic heterocycles. The van der Waals surface area contributed by atoms with Gasteiger partial charge in [-0.05, 0) is 75.2 Å². The normalized spacial score (nSPS) is 13.6. The first kappa shape index (κ1) is 26.8. The number of carbonyl (C=O) groups excluding carboxylic acids is 3. The monoisotopic (exact) mass is 517 g/mol. The van der Waals surface area contributed by atoms with Gasteiger partial charge in [-0.1, -0.05) is 12.1 Å². The number of amides is 4. The van der Waals surface area contributed by atoms with Crippen molar-refractivity contribution >= 4 is 34.9 Å². The third kappa shape index (κ3) is 6.34. The molecule has 1 fully saturated rings. The molecule has 0 saturated carbocycles. The Balaban J connectivity index is 1.53. The van der Waals surface area contributed by atoms with Gasteiger partial charge in [-0.25, -0.2) is 4.79 Å². The van der Waals surface area contributed by atoms with Crippen LogP contribution in [-0.4, -0.2) is 66.9 Å². The van der Waals surface area contributed by atoms with Gasteiger partial charge in [0.2, 0.25) is 0 Å². The van der Waals surface area contributed by atoms with E-state index in [1.807, 2.05) is 56.0 Å². The first-order valence-corrected chi connectivity index (χ1v) is 13.0. The van der Waals surface area contributed by atoms with E-state index in [0.29, 0.717) is 50.5 Å². The van der Waals surface area contributed by atoms with E-state index >= 15 is 0 Å². The standard InChI is InChI=1S/C29H35N5O4/c1-4-32(5-2)28(36)24-20-23(30-27(35)26-11-7-18-38-26)12-13-25(24)33-14-8-15-34(17-16-33)29(37)31-22-10-6-9-21(3)19-22/h6-7,9-13,18-20H,4-5,8,14-17H2,1-3H3,(H,30,35)(H,31,37). The van der Waals surface area contributed by atoms with Crippen molar-refractivity contribution in [3.63, 3.8) is 0 Å². The number of urea groups is 1. The Kier molecular flexibility index (Phi) is 8.68. The molecule has 1 aliphatic rings. The molecule has 200 valence electrons. The minimum absolute atomic E-state index is 0.0996. The molecule has 0 radical (unpaired) electrons. The summed E-state index contributed by atoms with van der Waals surface area (Å²) in [7, 11) is 0. The quantitative estimate of drug-likeness (QED) is 0.456. The van der Waals surface area contributed by atoms with Crippen LogP contribution in [0.3, 0.4) is 0 Å². The zero-order chi connectivity index (χ0) is 27.1. The number of hydrogen-bond donors (Lipinski definition) is 2. The lowest BCUT2D eigenvalue weighted by Gasteiger charge is -2.28. The number of nitrogens with zero attached hydrogens (tertiary/aromatic N) is 3. The van der Waals surface area contributed by atoms with Gasteiger partial charge in [-0.15, -0.1) is 0 Å². The highest BCUT2D eigenvalue weighted by atomic mass is 16.3. The van der Waals surface area contributed by atoms with Gasteiger partial charge >= 0.3 is 6.03 Å². The van der Waals surface area contributed by atoms with Crippen LogP contribution in [0.1, 0.15) is 46.7 Å². The fourth-order valence-corrected chi connectivity index (χ4v) is 4.63. The summed E-state index contributed by atoms with van der Waals surface area (Å²) >= 11 is 0. The molecular weight excluding hydrogens is 482 g/mol. The van der Waals surface area contributed by atoms with Gasteiger partial charge in [0, 0.05) is 56.3 Å².